The van der Waals surface area contributed by atoms with E-state index in [2.05, 4.69) is 11.1 Å². The number of hydrogen-bond donors (Lipinski definition) is 1. The molecule has 0 atom stereocenters. The van der Waals surface area contributed by atoms with Crippen molar-refractivity contribution in [3.05, 3.63) is 23.4 Å². The maximum Gasteiger partial charge on any atom is 0.305 e. The molecule has 0 saturated heterocycles. The molecule has 0 spiro atoms. The van der Waals surface area contributed by atoms with Crippen LogP contribution in [0.25, 0.3) is 0 Å². The zero-order valence-corrected chi connectivity index (χ0v) is 12.6. The lowest BCUT2D eigenvalue weighted by Gasteiger charge is -2.44. The van der Waals surface area contributed by atoms with Crippen molar-refractivity contribution in [3.63, 3.8) is 0 Å². The molecule has 1 aromatic heterocycles. The van der Waals surface area contributed by atoms with Crippen molar-refractivity contribution < 1.29 is 9.90 Å². The first-order chi connectivity index (χ1) is 9.98. The summed E-state index contributed by atoms with van der Waals surface area (Å²) in [6.45, 7) is 1.88. The quantitative estimate of drug-likeness (QED) is 0.921. The van der Waals surface area contributed by atoms with Crippen molar-refractivity contribution in [1.29, 1.82) is 5.26 Å². The summed E-state index contributed by atoms with van der Waals surface area (Å²) in [6, 6.07) is 5.72. The lowest BCUT2D eigenvalue weighted by Crippen LogP contribution is -2.50. The van der Waals surface area contributed by atoms with Crippen molar-refractivity contribution in [2.75, 3.05) is 11.9 Å². The maximum absolute atomic E-state index is 11.3. The SMILES string of the molecule is Cc1ccc(C#N)c(N(C)C2(CC(=O)O)CCCCC2)n1. The molecule has 1 heterocycles. The van der Waals surface area contributed by atoms with Crippen LogP contribution in [0.15, 0.2) is 12.1 Å². The van der Waals surface area contributed by atoms with E-state index in [0.29, 0.717) is 11.4 Å². The Morgan fingerprint density at radius 2 is 2.10 bits per heavy atom. The van der Waals surface area contributed by atoms with Gasteiger partial charge in [-0.25, -0.2) is 4.98 Å². The van der Waals surface area contributed by atoms with Gasteiger partial charge in [0.05, 0.1) is 17.5 Å². The normalized spacial score (nSPS) is 17.0. The van der Waals surface area contributed by atoms with E-state index in [0.717, 1.165) is 37.8 Å². The lowest BCUT2D eigenvalue weighted by molar-refractivity contribution is -0.138. The van der Waals surface area contributed by atoms with Crippen LogP contribution >= 0.6 is 0 Å². The summed E-state index contributed by atoms with van der Waals surface area (Å²) in [5.74, 6) is -0.199. The molecule has 1 fully saturated rings. The largest absolute Gasteiger partial charge is 0.481 e. The number of hydrogen-bond acceptors (Lipinski definition) is 4. The average Bonchev–Trinajstić information content (AvgIpc) is 2.46. The van der Waals surface area contributed by atoms with Crippen LogP contribution in [0.1, 0.15) is 49.8 Å². The molecule has 0 aromatic carbocycles. The fourth-order valence-corrected chi connectivity index (χ4v) is 3.23. The molecule has 5 heteroatoms. The van der Waals surface area contributed by atoms with Gasteiger partial charge in [-0.1, -0.05) is 19.3 Å². The summed E-state index contributed by atoms with van der Waals surface area (Å²) in [7, 11) is 1.87. The molecule has 5 nitrogen and oxygen atoms in total. The van der Waals surface area contributed by atoms with E-state index in [1.165, 1.54) is 0 Å². The fourth-order valence-electron chi connectivity index (χ4n) is 3.23. The van der Waals surface area contributed by atoms with Crippen molar-refractivity contribution >= 4 is 11.8 Å². The Labute approximate surface area is 125 Å². The standard InChI is InChI=1S/C16H21N3O2/c1-12-6-7-13(11-17)15(18-12)19(2)16(10-14(20)21)8-4-3-5-9-16/h6-7H,3-5,8-10H2,1-2H3,(H,20,21). The number of rotatable bonds is 4. The molecule has 0 aliphatic heterocycles. The highest BCUT2D eigenvalue weighted by atomic mass is 16.4. The van der Waals surface area contributed by atoms with Gasteiger partial charge in [-0.15, -0.1) is 0 Å². The van der Waals surface area contributed by atoms with Crippen LogP contribution in [-0.4, -0.2) is 28.6 Å². The Morgan fingerprint density at radius 3 is 2.67 bits per heavy atom. The Kier molecular flexibility index (Phi) is 4.46. The molecular weight excluding hydrogens is 266 g/mol. The molecule has 1 saturated carbocycles. The molecular formula is C16H21N3O2. The number of nitriles is 1. The smallest absolute Gasteiger partial charge is 0.305 e. The molecule has 0 radical (unpaired) electrons. The van der Waals surface area contributed by atoms with Crippen molar-refractivity contribution in [2.24, 2.45) is 0 Å². The number of pyridine rings is 1. The van der Waals surface area contributed by atoms with Crippen LogP contribution in [-0.2, 0) is 4.79 Å². The van der Waals surface area contributed by atoms with Gasteiger partial charge in [0.15, 0.2) is 0 Å². The van der Waals surface area contributed by atoms with Gasteiger partial charge in [0.1, 0.15) is 11.9 Å². The third kappa shape index (κ3) is 3.15. The Hall–Kier alpha value is -2.09. The summed E-state index contributed by atoms with van der Waals surface area (Å²) in [5, 5.41) is 18.6. The van der Waals surface area contributed by atoms with Gasteiger partial charge in [0.25, 0.3) is 0 Å². The van der Waals surface area contributed by atoms with Gasteiger partial charge in [0.2, 0.25) is 0 Å². The minimum Gasteiger partial charge on any atom is -0.481 e. The summed E-state index contributed by atoms with van der Waals surface area (Å²) in [6.07, 6.45) is 4.93. The third-order valence-corrected chi connectivity index (χ3v) is 4.43. The predicted molar refractivity (Wildman–Crippen MR) is 80.2 cm³/mol. The summed E-state index contributed by atoms with van der Waals surface area (Å²) in [5.41, 5.74) is 0.895. The molecule has 21 heavy (non-hydrogen) atoms. The minimum atomic E-state index is -0.796. The van der Waals surface area contributed by atoms with Gasteiger partial charge in [-0.05, 0) is 31.9 Å². The zero-order valence-electron chi connectivity index (χ0n) is 12.6. The van der Waals surface area contributed by atoms with E-state index < -0.39 is 11.5 Å². The number of aliphatic carboxylic acids is 1. The van der Waals surface area contributed by atoms with Crippen molar-refractivity contribution in [1.82, 2.24) is 4.98 Å². The number of aryl methyl sites for hydroxylation is 1. The highest BCUT2D eigenvalue weighted by Gasteiger charge is 2.39. The molecule has 1 N–H and O–H groups in total. The molecule has 1 aromatic rings. The number of anilines is 1. The maximum atomic E-state index is 11.3. The van der Waals surface area contributed by atoms with Crippen LogP contribution in [0, 0.1) is 18.3 Å². The Balaban J connectivity index is 2.43. The van der Waals surface area contributed by atoms with Crippen LogP contribution in [0.2, 0.25) is 0 Å². The molecule has 2 rings (SSSR count). The second kappa shape index (κ2) is 6.13. The summed E-state index contributed by atoms with van der Waals surface area (Å²) >= 11 is 0. The summed E-state index contributed by atoms with van der Waals surface area (Å²) < 4.78 is 0. The van der Waals surface area contributed by atoms with Gasteiger partial charge in [-0.3, -0.25) is 4.79 Å². The van der Waals surface area contributed by atoms with Crippen molar-refractivity contribution in [2.45, 2.75) is 51.0 Å². The first kappa shape index (κ1) is 15.3. The second-order valence-corrected chi connectivity index (χ2v) is 5.85. The van der Waals surface area contributed by atoms with E-state index in [1.807, 2.05) is 18.9 Å². The summed E-state index contributed by atoms with van der Waals surface area (Å²) in [4.78, 5) is 17.7. The minimum absolute atomic E-state index is 0.0873. The van der Waals surface area contributed by atoms with Gasteiger partial charge in [0, 0.05) is 12.7 Å². The van der Waals surface area contributed by atoms with Crippen LogP contribution in [0.4, 0.5) is 5.82 Å². The highest BCUT2D eigenvalue weighted by Crippen LogP contribution is 2.38. The zero-order chi connectivity index (χ0) is 15.5. The molecule has 112 valence electrons. The lowest BCUT2D eigenvalue weighted by atomic mass is 9.78. The molecule has 1 aliphatic rings. The van der Waals surface area contributed by atoms with Crippen LogP contribution < -0.4 is 4.90 Å². The van der Waals surface area contributed by atoms with Gasteiger partial charge >= 0.3 is 5.97 Å². The molecule has 0 bridgehead atoms. The van der Waals surface area contributed by atoms with Crippen LogP contribution in [0.5, 0.6) is 0 Å². The van der Waals surface area contributed by atoms with Crippen molar-refractivity contribution in [3.8, 4) is 6.07 Å². The van der Waals surface area contributed by atoms with E-state index in [9.17, 15) is 15.2 Å². The first-order valence-electron chi connectivity index (χ1n) is 7.32. The predicted octanol–water partition coefficient (Wildman–Crippen LogP) is 2.88. The number of aromatic nitrogens is 1. The average molecular weight is 287 g/mol. The number of carbonyl (C=O) groups is 1. The van der Waals surface area contributed by atoms with Gasteiger partial charge in [-0.2, -0.15) is 5.26 Å². The number of carboxylic acids is 1. The van der Waals surface area contributed by atoms with Gasteiger partial charge < -0.3 is 10.0 Å². The highest BCUT2D eigenvalue weighted by molar-refractivity contribution is 5.70. The molecule has 0 amide bonds. The topological polar surface area (TPSA) is 77.2 Å². The van der Waals surface area contributed by atoms with Crippen LogP contribution in [0.3, 0.4) is 0 Å². The Morgan fingerprint density at radius 1 is 1.43 bits per heavy atom. The van der Waals surface area contributed by atoms with E-state index in [4.69, 9.17) is 0 Å². The second-order valence-electron chi connectivity index (χ2n) is 5.85. The molecule has 1 aliphatic carbocycles. The molecule has 0 unspecified atom stereocenters. The third-order valence-electron chi connectivity index (χ3n) is 4.43. The van der Waals surface area contributed by atoms with E-state index >= 15 is 0 Å². The monoisotopic (exact) mass is 287 g/mol. The van der Waals surface area contributed by atoms with E-state index in [1.54, 1.807) is 12.1 Å². The first-order valence-corrected chi connectivity index (χ1v) is 7.32. The van der Waals surface area contributed by atoms with E-state index in [-0.39, 0.29) is 6.42 Å². The Bertz CT molecular complexity index is 571. The number of carboxylic acid groups (broad SMARTS) is 1. The fraction of sp³-hybridized carbons (Fsp3) is 0.562. The number of nitrogens with zero attached hydrogens (tertiary/aromatic N) is 3.